The lowest BCUT2D eigenvalue weighted by molar-refractivity contribution is -0.120. The molecule has 1 unspecified atom stereocenters. The van der Waals surface area contributed by atoms with E-state index in [4.69, 9.17) is 5.73 Å². The number of rotatable bonds is 4. The van der Waals surface area contributed by atoms with E-state index in [1.54, 1.807) is 11.4 Å². The maximum absolute atomic E-state index is 12.2. The number of thiophene rings is 1. The first-order chi connectivity index (χ1) is 9.79. The summed E-state index contributed by atoms with van der Waals surface area (Å²) in [5.41, 5.74) is 5.49. The van der Waals surface area contributed by atoms with Crippen molar-refractivity contribution in [1.82, 2.24) is 4.31 Å². The van der Waals surface area contributed by atoms with Crippen LogP contribution in [0, 0.1) is 5.92 Å². The van der Waals surface area contributed by atoms with Crippen molar-refractivity contribution in [1.29, 1.82) is 0 Å². The number of carbonyl (C=O) groups excluding carboxylic acids is 2. The van der Waals surface area contributed by atoms with Crippen LogP contribution in [0.4, 0.5) is 5.00 Å². The second-order valence-electron chi connectivity index (χ2n) is 4.98. The van der Waals surface area contributed by atoms with Crippen molar-refractivity contribution < 1.29 is 18.0 Å². The maximum atomic E-state index is 12.2. The molecule has 7 nitrogen and oxygen atoms in total. The fourth-order valence-electron chi connectivity index (χ4n) is 2.27. The van der Waals surface area contributed by atoms with E-state index in [0.717, 1.165) is 6.26 Å². The van der Waals surface area contributed by atoms with Gasteiger partial charge in [-0.3, -0.25) is 9.59 Å². The number of hydrogen-bond donors (Lipinski definition) is 2. The number of primary amides is 1. The number of nitrogens with one attached hydrogen (secondary N) is 1. The number of nitrogens with zero attached hydrogens (tertiary/aromatic N) is 1. The van der Waals surface area contributed by atoms with Crippen LogP contribution in [0.5, 0.6) is 0 Å². The Morgan fingerprint density at radius 3 is 2.81 bits per heavy atom. The third kappa shape index (κ3) is 3.80. The summed E-state index contributed by atoms with van der Waals surface area (Å²) >= 11 is 1.21. The summed E-state index contributed by atoms with van der Waals surface area (Å²) in [5.74, 6) is -1.31. The molecular weight excluding hydrogens is 314 g/mol. The Hall–Kier alpha value is -1.45. The smallest absolute Gasteiger partial charge is 0.251 e. The highest BCUT2D eigenvalue weighted by atomic mass is 32.2. The molecule has 9 heteroatoms. The molecule has 1 atom stereocenters. The quantitative estimate of drug-likeness (QED) is 0.835. The summed E-state index contributed by atoms with van der Waals surface area (Å²) in [6, 6.07) is 1.55. The molecule has 1 aromatic heterocycles. The van der Waals surface area contributed by atoms with Crippen LogP contribution in [-0.2, 0) is 14.8 Å². The average molecular weight is 331 g/mol. The molecule has 0 spiro atoms. The minimum absolute atomic E-state index is 0.169. The lowest BCUT2D eigenvalue weighted by Gasteiger charge is -2.30. The molecule has 116 valence electrons. The number of anilines is 1. The fourth-order valence-corrected chi connectivity index (χ4v) is 3.98. The average Bonchev–Trinajstić information content (AvgIpc) is 2.86. The van der Waals surface area contributed by atoms with Crippen molar-refractivity contribution in [3.05, 3.63) is 17.0 Å². The molecule has 1 aromatic rings. The second-order valence-corrected chi connectivity index (χ2v) is 7.88. The van der Waals surface area contributed by atoms with E-state index in [2.05, 4.69) is 5.32 Å². The van der Waals surface area contributed by atoms with E-state index in [1.165, 1.54) is 15.6 Å². The summed E-state index contributed by atoms with van der Waals surface area (Å²) in [4.78, 5) is 23.4. The number of nitrogens with two attached hydrogens (primary N) is 1. The van der Waals surface area contributed by atoms with Crippen LogP contribution in [0.25, 0.3) is 0 Å². The molecule has 3 N–H and O–H groups in total. The third-order valence-corrected chi connectivity index (χ3v) is 5.49. The monoisotopic (exact) mass is 331 g/mol. The predicted molar refractivity (Wildman–Crippen MR) is 80.6 cm³/mol. The minimum atomic E-state index is -3.29. The van der Waals surface area contributed by atoms with E-state index < -0.39 is 21.8 Å². The van der Waals surface area contributed by atoms with E-state index in [-0.39, 0.29) is 18.0 Å². The van der Waals surface area contributed by atoms with Gasteiger partial charge in [-0.1, -0.05) is 0 Å². The van der Waals surface area contributed by atoms with Gasteiger partial charge in [-0.25, -0.2) is 12.7 Å². The van der Waals surface area contributed by atoms with Crippen LogP contribution < -0.4 is 11.1 Å². The molecule has 1 aliphatic rings. The Labute approximate surface area is 127 Å². The zero-order valence-corrected chi connectivity index (χ0v) is 13.2. The number of amides is 2. The Bertz CT molecular complexity index is 653. The molecule has 0 radical (unpaired) electrons. The molecule has 0 saturated carbocycles. The molecular formula is C12H17N3O4S2. The predicted octanol–water partition coefficient (Wildman–Crippen LogP) is 0.457. The molecule has 21 heavy (non-hydrogen) atoms. The van der Waals surface area contributed by atoms with Gasteiger partial charge in [-0.05, 0) is 24.3 Å². The Balaban J connectivity index is 2.06. The zero-order chi connectivity index (χ0) is 15.6. The van der Waals surface area contributed by atoms with Gasteiger partial charge in [0, 0.05) is 13.1 Å². The lowest BCUT2D eigenvalue weighted by atomic mass is 9.99. The first-order valence-electron chi connectivity index (χ1n) is 6.42. The van der Waals surface area contributed by atoms with Crippen LogP contribution in [-0.4, -0.2) is 43.9 Å². The van der Waals surface area contributed by atoms with E-state index >= 15 is 0 Å². The highest BCUT2D eigenvalue weighted by Gasteiger charge is 2.30. The van der Waals surface area contributed by atoms with Crippen LogP contribution >= 0.6 is 11.3 Å². The lowest BCUT2D eigenvalue weighted by Crippen LogP contribution is -2.43. The van der Waals surface area contributed by atoms with Crippen molar-refractivity contribution in [2.75, 3.05) is 24.7 Å². The van der Waals surface area contributed by atoms with Gasteiger partial charge in [-0.15, -0.1) is 11.3 Å². The Kier molecular flexibility index (Phi) is 4.64. The topological polar surface area (TPSA) is 110 Å². The van der Waals surface area contributed by atoms with Gasteiger partial charge in [-0.2, -0.15) is 0 Å². The van der Waals surface area contributed by atoms with Crippen molar-refractivity contribution in [3.8, 4) is 0 Å². The largest absolute Gasteiger partial charge is 0.366 e. The molecule has 1 saturated heterocycles. The highest BCUT2D eigenvalue weighted by Crippen LogP contribution is 2.25. The molecule has 2 amide bonds. The van der Waals surface area contributed by atoms with Crippen molar-refractivity contribution in [2.45, 2.75) is 12.8 Å². The SMILES string of the molecule is CS(=O)(=O)N1CCCC(C(=O)Nc2sccc2C(N)=O)C1. The van der Waals surface area contributed by atoms with Crippen molar-refractivity contribution >= 4 is 38.2 Å². The van der Waals surface area contributed by atoms with Gasteiger partial charge in [0.15, 0.2) is 0 Å². The number of sulfonamides is 1. The van der Waals surface area contributed by atoms with Crippen LogP contribution in [0.2, 0.25) is 0 Å². The van der Waals surface area contributed by atoms with E-state index in [1.807, 2.05) is 0 Å². The second kappa shape index (κ2) is 6.12. The normalized spacial score (nSPS) is 20.1. The number of hydrogen-bond acceptors (Lipinski definition) is 5. The van der Waals surface area contributed by atoms with Gasteiger partial charge in [0.2, 0.25) is 15.9 Å². The third-order valence-electron chi connectivity index (χ3n) is 3.39. The molecule has 1 aliphatic heterocycles. The number of piperidine rings is 1. The highest BCUT2D eigenvalue weighted by molar-refractivity contribution is 7.88. The molecule has 2 heterocycles. The summed E-state index contributed by atoms with van der Waals surface area (Å²) < 4.78 is 24.4. The minimum Gasteiger partial charge on any atom is -0.366 e. The molecule has 0 bridgehead atoms. The fraction of sp³-hybridized carbons (Fsp3) is 0.500. The van der Waals surface area contributed by atoms with Gasteiger partial charge in [0.25, 0.3) is 5.91 Å². The van der Waals surface area contributed by atoms with E-state index in [9.17, 15) is 18.0 Å². The van der Waals surface area contributed by atoms with Crippen molar-refractivity contribution in [3.63, 3.8) is 0 Å². The van der Waals surface area contributed by atoms with E-state index in [0.29, 0.717) is 24.4 Å². The van der Waals surface area contributed by atoms with Gasteiger partial charge in [0.1, 0.15) is 5.00 Å². The Morgan fingerprint density at radius 1 is 1.48 bits per heavy atom. The summed E-state index contributed by atoms with van der Waals surface area (Å²) in [6.45, 7) is 0.607. The summed E-state index contributed by atoms with van der Waals surface area (Å²) in [7, 11) is -3.29. The first-order valence-corrected chi connectivity index (χ1v) is 9.15. The Morgan fingerprint density at radius 2 is 2.19 bits per heavy atom. The van der Waals surface area contributed by atoms with Crippen LogP contribution in [0.15, 0.2) is 11.4 Å². The molecule has 1 fully saturated rings. The zero-order valence-electron chi connectivity index (χ0n) is 11.5. The summed E-state index contributed by atoms with van der Waals surface area (Å²) in [5, 5.41) is 4.74. The molecule has 0 aromatic carbocycles. The van der Waals surface area contributed by atoms with Gasteiger partial charge in [0.05, 0.1) is 17.7 Å². The van der Waals surface area contributed by atoms with Crippen LogP contribution in [0.1, 0.15) is 23.2 Å². The van der Waals surface area contributed by atoms with Gasteiger partial charge < -0.3 is 11.1 Å². The first kappa shape index (κ1) is 15.9. The van der Waals surface area contributed by atoms with Gasteiger partial charge >= 0.3 is 0 Å². The molecule has 0 aliphatic carbocycles. The van der Waals surface area contributed by atoms with Crippen LogP contribution in [0.3, 0.4) is 0 Å². The van der Waals surface area contributed by atoms with Crippen molar-refractivity contribution in [2.24, 2.45) is 11.7 Å². The number of carbonyl (C=O) groups is 2. The molecule has 2 rings (SSSR count). The maximum Gasteiger partial charge on any atom is 0.251 e. The summed E-state index contributed by atoms with van der Waals surface area (Å²) in [6.07, 6.45) is 2.39. The standard InChI is InChI=1S/C12H17N3O4S2/c1-21(18,19)15-5-2-3-8(7-15)11(17)14-12-9(10(13)16)4-6-20-12/h4,6,8H,2-3,5,7H2,1H3,(H2,13,16)(H,14,17).